The van der Waals surface area contributed by atoms with Crippen molar-refractivity contribution in [2.75, 3.05) is 13.4 Å². The van der Waals surface area contributed by atoms with E-state index in [4.69, 9.17) is 20.3 Å². The Hall–Kier alpha value is -1.11. The summed E-state index contributed by atoms with van der Waals surface area (Å²) in [4.78, 5) is 0. The Bertz CT molecular complexity index is 403. The van der Waals surface area contributed by atoms with Gasteiger partial charge < -0.3 is 20.3 Å². The highest BCUT2D eigenvalue weighted by Crippen LogP contribution is 2.41. The monoisotopic (exact) mass is 267 g/mol. The summed E-state index contributed by atoms with van der Waals surface area (Å²) >= 11 is 0. The summed E-state index contributed by atoms with van der Waals surface area (Å²) in [5.74, 6) is -2.77. The molecule has 0 amide bonds. The Kier molecular flexibility index (Phi) is 4.13. The lowest BCUT2D eigenvalue weighted by Gasteiger charge is -2.22. The van der Waals surface area contributed by atoms with Crippen molar-refractivity contribution < 1.29 is 23.4 Å². The molecule has 1 aromatic carbocycles. The maximum absolute atomic E-state index is 13.2. The SMILES string of the molecule is Cl.N[C@@H](c1cccc2c1OCO2)C(F)(F)CO. The first kappa shape index (κ1) is 14.0. The third kappa shape index (κ3) is 2.43. The molecule has 0 radical (unpaired) electrons. The van der Waals surface area contributed by atoms with Gasteiger partial charge in [0.15, 0.2) is 11.5 Å². The molecule has 96 valence electrons. The number of rotatable bonds is 3. The minimum absolute atomic E-state index is 0. The van der Waals surface area contributed by atoms with Crippen LogP contribution in [-0.2, 0) is 0 Å². The zero-order valence-corrected chi connectivity index (χ0v) is 9.55. The van der Waals surface area contributed by atoms with E-state index in [1.54, 1.807) is 12.1 Å². The largest absolute Gasteiger partial charge is 0.454 e. The predicted octanol–water partition coefficient (Wildman–Crippen LogP) is 1.46. The fourth-order valence-corrected chi connectivity index (χ4v) is 1.52. The van der Waals surface area contributed by atoms with Crippen molar-refractivity contribution in [3.05, 3.63) is 23.8 Å². The highest BCUT2D eigenvalue weighted by molar-refractivity contribution is 5.85. The van der Waals surface area contributed by atoms with Crippen LogP contribution in [0.4, 0.5) is 8.78 Å². The number of aliphatic hydroxyl groups is 1. The molecule has 0 saturated heterocycles. The van der Waals surface area contributed by atoms with E-state index in [9.17, 15) is 8.78 Å². The normalized spacial score (nSPS) is 15.3. The Morgan fingerprint density at radius 2 is 2.12 bits per heavy atom. The van der Waals surface area contributed by atoms with Gasteiger partial charge in [0, 0.05) is 5.56 Å². The van der Waals surface area contributed by atoms with Crippen molar-refractivity contribution in [1.29, 1.82) is 0 Å². The van der Waals surface area contributed by atoms with E-state index >= 15 is 0 Å². The van der Waals surface area contributed by atoms with Crippen molar-refractivity contribution in [3.63, 3.8) is 0 Å². The summed E-state index contributed by atoms with van der Waals surface area (Å²) in [5, 5.41) is 8.57. The van der Waals surface area contributed by atoms with Crippen LogP contribution in [0.5, 0.6) is 11.5 Å². The third-order valence-corrected chi connectivity index (χ3v) is 2.43. The van der Waals surface area contributed by atoms with Crippen LogP contribution in [0, 0.1) is 0 Å². The van der Waals surface area contributed by atoms with Crippen LogP contribution in [-0.4, -0.2) is 24.4 Å². The summed E-state index contributed by atoms with van der Waals surface area (Å²) in [5.41, 5.74) is 5.54. The van der Waals surface area contributed by atoms with E-state index in [0.717, 1.165) is 0 Å². The molecule has 0 aliphatic carbocycles. The van der Waals surface area contributed by atoms with Gasteiger partial charge in [-0.05, 0) is 6.07 Å². The lowest BCUT2D eigenvalue weighted by Crippen LogP contribution is -2.36. The molecular formula is C10H12ClF2NO3. The Labute approximate surface area is 103 Å². The smallest absolute Gasteiger partial charge is 0.289 e. The standard InChI is InChI=1S/C10H11F2NO3.ClH/c11-10(12,4-14)9(13)6-2-1-3-7-8(6)16-5-15-7;/h1-3,9,14H,4-5,13H2;1H/t9-;/m0./s1. The molecule has 1 atom stereocenters. The quantitative estimate of drug-likeness (QED) is 0.870. The van der Waals surface area contributed by atoms with Crippen LogP contribution in [0.1, 0.15) is 11.6 Å². The van der Waals surface area contributed by atoms with Crippen molar-refractivity contribution in [3.8, 4) is 11.5 Å². The molecule has 17 heavy (non-hydrogen) atoms. The lowest BCUT2D eigenvalue weighted by molar-refractivity contribution is -0.0715. The molecule has 0 aromatic heterocycles. The van der Waals surface area contributed by atoms with Gasteiger partial charge >= 0.3 is 0 Å². The second-order valence-electron chi connectivity index (χ2n) is 3.48. The number of nitrogens with two attached hydrogens (primary N) is 1. The number of hydrogen-bond donors (Lipinski definition) is 2. The summed E-state index contributed by atoms with van der Waals surface area (Å²) in [7, 11) is 0. The zero-order valence-electron chi connectivity index (χ0n) is 8.73. The number of benzene rings is 1. The van der Waals surface area contributed by atoms with E-state index in [0.29, 0.717) is 5.75 Å². The molecule has 7 heteroatoms. The maximum atomic E-state index is 13.2. The molecule has 4 nitrogen and oxygen atoms in total. The van der Waals surface area contributed by atoms with Gasteiger partial charge in [-0.25, -0.2) is 8.78 Å². The van der Waals surface area contributed by atoms with E-state index in [1.165, 1.54) is 6.07 Å². The summed E-state index contributed by atoms with van der Waals surface area (Å²) < 4.78 is 36.6. The number of hydrogen-bond acceptors (Lipinski definition) is 4. The van der Waals surface area contributed by atoms with Gasteiger partial charge in [-0.1, -0.05) is 12.1 Å². The number of halogens is 3. The lowest BCUT2D eigenvalue weighted by atomic mass is 10.0. The molecule has 1 aliphatic heterocycles. The van der Waals surface area contributed by atoms with Crippen LogP contribution in [0.3, 0.4) is 0 Å². The number of ether oxygens (including phenoxy) is 2. The Morgan fingerprint density at radius 1 is 1.41 bits per heavy atom. The first-order valence-electron chi connectivity index (χ1n) is 4.69. The molecular weight excluding hydrogens is 256 g/mol. The summed E-state index contributed by atoms with van der Waals surface area (Å²) in [6.07, 6.45) is 0. The Morgan fingerprint density at radius 3 is 2.76 bits per heavy atom. The molecule has 0 bridgehead atoms. The fourth-order valence-electron chi connectivity index (χ4n) is 1.52. The highest BCUT2D eigenvalue weighted by Gasteiger charge is 2.40. The molecule has 0 fully saturated rings. The average Bonchev–Trinajstić information content (AvgIpc) is 2.75. The molecule has 2 rings (SSSR count). The molecule has 0 unspecified atom stereocenters. The molecule has 1 heterocycles. The van der Waals surface area contributed by atoms with Gasteiger partial charge in [0.05, 0.1) is 0 Å². The van der Waals surface area contributed by atoms with Gasteiger partial charge in [-0.3, -0.25) is 0 Å². The minimum Gasteiger partial charge on any atom is -0.454 e. The average molecular weight is 268 g/mol. The first-order valence-corrected chi connectivity index (χ1v) is 4.69. The predicted molar refractivity (Wildman–Crippen MR) is 58.8 cm³/mol. The fraction of sp³-hybridized carbons (Fsp3) is 0.400. The van der Waals surface area contributed by atoms with Gasteiger partial charge in [-0.2, -0.15) is 0 Å². The van der Waals surface area contributed by atoms with E-state index in [2.05, 4.69) is 0 Å². The second-order valence-corrected chi connectivity index (χ2v) is 3.48. The van der Waals surface area contributed by atoms with E-state index in [1.807, 2.05) is 0 Å². The number of fused-ring (bicyclic) bond motifs is 1. The number of aliphatic hydroxyl groups excluding tert-OH is 1. The maximum Gasteiger partial charge on any atom is 0.289 e. The van der Waals surface area contributed by atoms with Crippen LogP contribution in [0.2, 0.25) is 0 Å². The van der Waals surface area contributed by atoms with Gasteiger partial charge in [0.1, 0.15) is 12.6 Å². The molecule has 1 aliphatic rings. The molecule has 0 spiro atoms. The first-order chi connectivity index (χ1) is 7.56. The van der Waals surface area contributed by atoms with Gasteiger partial charge in [0.2, 0.25) is 6.79 Å². The van der Waals surface area contributed by atoms with Gasteiger partial charge in [-0.15, -0.1) is 12.4 Å². The van der Waals surface area contributed by atoms with Crippen LogP contribution >= 0.6 is 12.4 Å². The topological polar surface area (TPSA) is 64.7 Å². The van der Waals surface area contributed by atoms with Crippen molar-refractivity contribution in [1.82, 2.24) is 0 Å². The minimum atomic E-state index is -3.39. The number of alkyl halides is 2. The number of para-hydroxylation sites is 1. The summed E-state index contributed by atoms with van der Waals surface area (Å²) in [6, 6.07) is 2.97. The van der Waals surface area contributed by atoms with E-state index in [-0.39, 0.29) is 30.5 Å². The summed E-state index contributed by atoms with van der Waals surface area (Å²) in [6.45, 7) is -1.32. The van der Waals surface area contributed by atoms with E-state index < -0.39 is 18.6 Å². The van der Waals surface area contributed by atoms with Crippen molar-refractivity contribution in [2.45, 2.75) is 12.0 Å². The van der Waals surface area contributed by atoms with Crippen LogP contribution < -0.4 is 15.2 Å². The molecule has 1 aromatic rings. The van der Waals surface area contributed by atoms with Crippen LogP contribution in [0.15, 0.2) is 18.2 Å². The molecule has 3 N–H and O–H groups in total. The van der Waals surface area contributed by atoms with Crippen molar-refractivity contribution in [2.24, 2.45) is 5.73 Å². The molecule has 0 saturated carbocycles. The third-order valence-electron chi connectivity index (χ3n) is 2.43. The Balaban J connectivity index is 0.00000144. The highest BCUT2D eigenvalue weighted by atomic mass is 35.5. The van der Waals surface area contributed by atoms with Gasteiger partial charge in [0.25, 0.3) is 5.92 Å². The zero-order chi connectivity index (χ0) is 11.8. The second kappa shape index (κ2) is 5.03. The van der Waals surface area contributed by atoms with Crippen molar-refractivity contribution >= 4 is 12.4 Å². The van der Waals surface area contributed by atoms with Crippen LogP contribution in [0.25, 0.3) is 0 Å².